The summed E-state index contributed by atoms with van der Waals surface area (Å²) in [5.74, 6) is -0.524. The number of carbonyl (C=O) groups excluding carboxylic acids is 1. The molecule has 2 unspecified atom stereocenters. The number of rotatable bonds is 6. The molecular weight excluding hydrogens is 242 g/mol. The van der Waals surface area contributed by atoms with Crippen molar-refractivity contribution in [3.8, 4) is 0 Å². The highest BCUT2D eigenvalue weighted by atomic mass is 32.2. The topological polar surface area (TPSA) is 83.5 Å². The Balaban J connectivity index is 4.59. The van der Waals surface area contributed by atoms with Crippen LogP contribution >= 0.6 is 0 Å². The van der Waals surface area contributed by atoms with Crippen LogP contribution in [-0.2, 0) is 14.9 Å². The molecular formula is C11H21NO4S. The molecule has 0 aliphatic rings. The van der Waals surface area contributed by atoms with Crippen molar-refractivity contribution in [3.05, 3.63) is 12.2 Å². The van der Waals surface area contributed by atoms with Crippen LogP contribution in [0.4, 0.5) is 0 Å². The lowest BCUT2D eigenvalue weighted by Crippen LogP contribution is -2.39. The fourth-order valence-corrected chi connectivity index (χ4v) is 2.71. The van der Waals surface area contributed by atoms with E-state index in [4.69, 9.17) is 4.55 Å². The summed E-state index contributed by atoms with van der Waals surface area (Å²) in [6.45, 7) is 10.2. The van der Waals surface area contributed by atoms with E-state index in [2.05, 4.69) is 11.9 Å². The molecule has 5 nitrogen and oxygen atoms in total. The summed E-state index contributed by atoms with van der Waals surface area (Å²) < 4.78 is 31.4. The molecule has 0 radical (unpaired) electrons. The fourth-order valence-electron chi connectivity index (χ4n) is 1.49. The van der Waals surface area contributed by atoms with Gasteiger partial charge in [-0.15, -0.1) is 0 Å². The van der Waals surface area contributed by atoms with Gasteiger partial charge in [0.1, 0.15) is 0 Å². The maximum Gasteiger partial charge on any atom is 0.268 e. The quantitative estimate of drug-likeness (QED) is 0.560. The van der Waals surface area contributed by atoms with Gasteiger partial charge in [0, 0.05) is 11.6 Å². The third-order valence-electron chi connectivity index (χ3n) is 2.48. The minimum absolute atomic E-state index is 0.176. The molecule has 0 rings (SSSR count). The first-order valence-electron chi connectivity index (χ1n) is 5.48. The zero-order valence-corrected chi connectivity index (χ0v) is 11.5. The van der Waals surface area contributed by atoms with Crippen molar-refractivity contribution in [3.63, 3.8) is 0 Å². The third-order valence-corrected chi connectivity index (χ3v) is 3.98. The third kappa shape index (κ3) is 5.83. The van der Waals surface area contributed by atoms with E-state index in [0.717, 1.165) is 0 Å². The van der Waals surface area contributed by atoms with Crippen LogP contribution in [0.3, 0.4) is 0 Å². The van der Waals surface area contributed by atoms with Crippen molar-refractivity contribution < 1.29 is 17.8 Å². The van der Waals surface area contributed by atoms with Gasteiger partial charge in [0.15, 0.2) is 0 Å². The molecule has 17 heavy (non-hydrogen) atoms. The van der Waals surface area contributed by atoms with E-state index in [9.17, 15) is 13.2 Å². The first-order chi connectivity index (χ1) is 7.55. The van der Waals surface area contributed by atoms with Crippen LogP contribution in [0, 0.1) is 5.92 Å². The standard InChI is InChI=1S/C11H21NO4S/c1-7(2)10(17(14,15)16)6-9(5)12-11(13)8(3)4/h7,9-10H,3,6H2,1-2,4-5H3,(H,12,13)(H,14,15,16). The average Bonchev–Trinajstić information content (AvgIpc) is 2.11. The predicted molar refractivity (Wildman–Crippen MR) is 67.2 cm³/mol. The van der Waals surface area contributed by atoms with E-state index in [1.165, 1.54) is 0 Å². The van der Waals surface area contributed by atoms with Crippen molar-refractivity contribution in [2.45, 2.75) is 45.4 Å². The molecule has 0 aromatic carbocycles. The largest absolute Gasteiger partial charge is 0.350 e. The monoisotopic (exact) mass is 263 g/mol. The molecule has 0 heterocycles. The van der Waals surface area contributed by atoms with Gasteiger partial charge < -0.3 is 5.32 Å². The van der Waals surface area contributed by atoms with Crippen molar-refractivity contribution in [1.29, 1.82) is 0 Å². The predicted octanol–water partition coefficient (Wildman–Crippen LogP) is 1.37. The van der Waals surface area contributed by atoms with Gasteiger partial charge in [-0.1, -0.05) is 20.4 Å². The molecule has 0 aliphatic heterocycles. The van der Waals surface area contributed by atoms with Crippen LogP contribution < -0.4 is 5.32 Å². The van der Waals surface area contributed by atoms with Crippen molar-refractivity contribution >= 4 is 16.0 Å². The lowest BCUT2D eigenvalue weighted by atomic mass is 10.0. The molecule has 0 aliphatic carbocycles. The number of hydrogen-bond donors (Lipinski definition) is 2. The summed E-state index contributed by atoms with van der Waals surface area (Å²) in [6.07, 6.45) is 0.176. The summed E-state index contributed by atoms with van der Waals surface area (Å²) in [5.41, 5.74) is 0.366. The Morgan fingerprint density at radius 2 is 1.82 bits per heavy atom. The molecule has 0 aromatic rings. The number of amides is 1. The van der Waals surface area contributed by atoms with Crippen molar-refractivity contribution in [2.75, 3.05) is 0 Å². The Bertz CT molecular complexity index is 386. The Morgan fingerprint density at radius 3 is 2.12 bits per heavy atom. The molecule has 0 spiro atoms. The van der Waals surface area contributed by atoms with E-state index in [0.29, 0.717) is 5.57 Å². The summed E-state index contributed by atoms with van der Waals surface area (Å²) in [6, 6.07) is -0.339. The summed E-state index contributed by atoms with van der Waals surface area (Å²) in [4.78, 5) is 11.3. The summed E-state index contributed by atoms with van der Waals surface area (Å²) >= 11 is 0. The Kier molecular flexibility index (Phi) is 5.84. The highest BCUT2D eigenvalue weighted by Gasteiger charge is 2.28. The molecule has 0 aromatic heterocycles. The van der Waals surface area contributed by atoms with Crippen LogP contribution in [0.1, 0.15) is 34.1 Å². The summed E-state index contributed by atoms with van der Waals surface area (Å²) in [7, 11) is -4.09. The number of nitrogens with one attached hydrogen (secondary N) is 1. The van der Waals surface area contributed by atoms with Crippen molar-refractivity contribution in [2.24, 2.45) is 5.92 Å². The van der Waals surface area contributed by atoms with Gasteiger partial charge in [-0.3, -0.25) is 9.35 Å². The Morgan fingerprint density at radius 1 is 1.35 bits per heavy atom. The van der Waals surface area contributed by atoms with E-state index in [1.54, 1.807) is 27.7 Å². The minimum Gasteiger partial charge on any atom is -0.350 e. The van der Waals surface area contributed by atoms with Crippen LogP contribution in [-0.4, -0.2) is 30.2 Å². The number of hydrogen-bond acceptors (Lipinski definition) is 3. The molecule has 1 amide bonds. The lowest BCUT2D eigenvalue weighted by Gasteiger charge is -2.22. The van der Waals surface area contributed by atoms with Gasteiger partial charge >= 0.3 is 0 Å². The lowest BCUT2D eigenvalue weighted by molar-refractivity contribution is -0.118. The first kappa shape index (κ1) is 16.1. The SMILES string of the molecule is C=C(C)C(=O)NC(C)CC(C(C)C)S(=O)(=O)O. The smallest absolute Gasteiger partial charge is 0.268 e. The van der Waals surface area contributed by atoms with E-state index in [-0.39, 0.29) is 24.3 Å². The van der Waals surface area contributed by atoms with Crippen molar-refractivity contribution in [1.82, 2.24) is 5.32 Å². The zero-order valence-electron chi connectivity index (χ0n) is 10.7. The minimum atomic E-state index is -4.09. The molecule has 0 saturated heterocycles. The molecule has 100 valence electrons. The van der Waals surface area contributed by atoms with Gasteiger partial charge in [-0.25, -0.2) is 0 Å². The molecule has 0 bridgehead atoms. The Hall–Kier alpha value is -0.880. The Labute approximate surface area is 103 Å². The second-order valence-corrected chi connectivity index (χ2v) is 6.32. The van der Waals surface area contributed by atoms with Crippen LogP contribution in [0.25, 0.3) is 0 Å². The molecule has 2 atom stereocenters. The van der Waals surface area contributed by atoms with Gasteiger partial charge in [0.2, 0.25) is 5.91 Å². The van der Waals surface area contributed by atoms with Gasteiger partial charge in [-0.2, -0.15) is 8.42 Å². The molecule has 0 saturated carbocycles. The van der Waals surface area contributed by atoms with Gasteiger partial charge in [-0.05, 0) is 26.2 Å². The van der Waals surface area contributed by atoms with Crippen LogP contribution in [0.15, 0.2) is 12.2 Å². The molecule has 6 heteroatoms. The van der Waals surface area contributed by atoms with E-state index in [1.807, 2.05) is 0 Å². The zero-order chi connectivity index (χ0) is 13.8. The molecule has 2 N–H and O–H groups in total. The van der Waals surface area contributed by atoms with Gasteiger partial charge in [0.25, 0.3) is 10.1 Å². The van der Waals surface area contributed by atoms with Gasteiger partial charge in [0.05, 0.1) is 5.25 Å². The average molecular weight is 263 g/mol. The second kappa shape index (κ2) is 6.16. The van der Waals surface area contributed by atoms with Crippen LogP contribution in [0.5, 0.6) is 0 Å². The van der Waals surface area contributed by atoms with E-state index < -0.39 is 15.4 Å². The second-order valence-electron chi connectivity index (χ2n) is 4.69. The maximum absolute atomic E-state index is 11.3. The number of carbonyl (C=O) groups is 1. The maximum atomic E-state index is 11.3. The highest BCUT2D eigenvalue weighted by Crippen LogP contribution is 2.17. The summed E-state index contributed by atoms with van der Waals surface area (Å²) in [5, 5.41) is 1.75. The molecule has 0 fully saturated rings. The highest BCUT2D eigenvalue weighted by molar-refractivity contribution is 7.86. The normalized spacial score (nSPS) is 15.4. The van der Waals surface area contributed by atoms with E-state index >= 15 is 0 Å². The van der Waals surface area contributed by atoms with Crippen LogP contribution in [0.2, 0.25) is 0 Å². The fraction of sp³-hybridized carbons (Fsp3) is 0.727. The first-order valence-corrected chi connectivity index (χ1v) is 6.98.